The lowest BCUT2D eigenvalue weighted by Gasteiger charge is -2.16. The fourth-order valence-corrected chi connectivity index (χ4v) is 1.68. The molecule has 1 atom stereocenters. The Kier molecular flexibility index (Phi) is 5.35. The summed E-state index contributed by atoms with van der Waals surface area (Å²) < 4.78 is 39.0. The molecule has 0 aliphatic heterocycles. The molecule has 0 aromatic heterocycles. The minimum absolute atomic E-state index is 0.103. The summed E-state index contributed by atoms with van der Waals surface area (Å²) >= 11 is 0. The zero-order chi connectivity index (χ0) is 14.6. The monoisotopic (exact) mass is 275 g/mol. The number of halogens is 3. The van der Waals surface area contributed by atoms with Crippen LogP contribution in [-0.4, -0.2) is 17.1 Å². The van der Waals surface area contributed by atoms with Crippen LogP contribution in [0.1, 0.15) is 25.8 Å². The highest BCUT2D eigenvalue weighted by Gasteiger charge is 2.19. The molecule has 0 aliphatic carbocycles. The van der Waals surface area contributed by atoms with Crippen molar-refractivity contribution in [2.75, 3.05) is 0 Å². The van der Waals surface area contributed by atoms with Crippen LogP contribution in [0.4, 0.5) is 13.2 Å². The van der Waals surface area contributed by atoms with Gasteiger partial charge in [0.2, 0.25) is 0 Å². The van der Waals surface area contributed by atoms with Crippen molar-refractivity contribution in [2.24, 2.45) is 5.92 Å². The van der Waals surface area contributed by atoms with E-state index in [4.69, 9.17) is 5.11 Å². The van der Waals surface area contributed by atoms with E-state index in [0.29, 0.717) is 12.5 Å². The molecule has 19 heavy (non-hydrogen) atoms. The van der Waals surface area contributed by atoms with Crippen molar-refractivity contribution < 1.29 is 23.1 Å². The molecule has 0 bridgehead atoms. The fraction of sp³-hybridized carbons (Fsp3) is 0.462. The molecule has 0 amide bonds. The summed E-state index contributed by atoms with van der Waals surface area (Å²) in [7, 11) is 0. The minimum Gasteiger partial charge on any atom is -0.480 e. The Morgan fingerprint density at radius 3 is 2.32 bits per heavy atom. The normalized spacial score (nSPS) is 12.7. The Morgan fingerprint density at radius 2 is 1.79 bits per heavy atom. The van der Waals surface area contributed by atoms with E-state index in [1.54, 1.807) is 0 Å². The van der Waals surface area contributed by atoms with E-state index in [1.165, 1.54) is 0 Å². The molecule has 1 aromatic rings. The lowest BCUT2D eigenvalue weighted by Crippen LogP contribution is -2.37. The predicted molar refractivity (Wildman–Crippen MR) is 64.0 cm³/mol. The second kappa shape index (κ2) is 6.56. The second-order valence-corrected chi connectivity index (χ2v) is 4.76. The van der Waals surface area contributed by atoms with E-state index >= 15 is 0 Å². The van der Waals surface area contributed by atoms with E-state index < -0.39 is 29.5 Å². The molecule has 0 radical (unpaired) electrons. The maximum atomic E-state index is 13.4. The molecule has 2 N–H and O–H groups in total. The van der Waals surface area contributed by atoms with Crippen molar-refractivity contribution in [3.05, 3.63) is 35.1 Å². The van der Waals surface area contributed by atoms with Crippen molar-refractivity contribution in [2.45, 2.75) is 32.9 Å². The van der Waals surface area contributed by atoms with Gasteiger partial charge in [0.25, 0.3) is 0 Å². The highest BCUT2D eigenvalue weighted by molar-refractivity contribution is 5.73. The molecule has 0 aliphatic rings. The zero-order valence-electron chi connectivity index (χ0n) is 10.7. The Labute approximate surface area is 109 Å². The van der Waals surface area contributed by atoms with Crippen LogP contribution >= 0.6 is 0 Å². The highest BCUT2D eigenvalue weighted by atomic mass is 19.2. The Morgan fingerprint density at radius 1 is 1.21 bits per heavy atom. The molecule has 0 heterocycles. The first-order valence-corrected chi connectivity index (χ1v) is 5.91. The largest absolute Gasteiger partial charge is 0.480 e. The fourth-order valence-electron chi connectivity index (χ4n) is 1.68. The van der Waals surface area contributed by atoms with Crippen LogP contribution < -0.4 is 5.32 Å². The van der Waals surface area contributed by atoms with Gasteiger partial charge in [0.05, 0.1) is 0 Å². The number of carbonyl (C=O) groups is 1. The molecule has 0 saturated carbocycles. The van der Waals surface area contributed by atoms with Gasteiger partial charge in [-0.2, -0.15) is 0 Å². The molecule has 1 rings (SSSR count). The Bertz CT molecular complexity index is 463. The second-order valence-electron chi connectivity index (χ2n) is 4.76. The summed E-state index contributed by atoms with van der Waals surface area (Å²) in [6.45, 7) is 3.54. The van der Waals surface area contributed by atoms with Crippen LogP contribution in [0, 0.1) is 23.4 Å². The third-order valence-corrected chi connectivity index (χ3v) is 2.63. The SMILES string of the molecule is CC(C)C[C@@H](NCc1cc(F)c(F)cc1F)C(=O)O. The predicted octanol–water partition coefficient (Wildman–Crippen LogP) is 2.69. The van der Waals surface area contributed by atoms with Gasteiger partial charge in [-0.05, 0) is 18.4 Å². The maximum Gasteiger partial charge on any atom is 0.320 e. The first-order valence-electron chi connectivity index (χ1n) is 5.91. The Hall–Kier alpha value is -1.56. The summed E-state index contributed by atoms with van der Waals surface area (Å²) in [6.07, 6.45) is 0.362. The number of carboxylic acid groups (broad SMARTS) is 1. The van der Waals surface area contributed by atoms with Gasteiger partial charge < -0.3 is 10.4 Å². The average molecular weight is 275 g/mol. The molecule has 106 valence electrons. The Balaban J connectivity index is 2.74. The third-order valence-electron chi connectivity index (χ3n) is 2.63. The van der Waals surface area contributed by atoms with Gasteiger partial charge in [-0.25, -0.2) is 13.2 Å². The van der Waals surface area contributed by atoms with Crippen molar-refractivity contribution in [1.29, 1.82) is 0 Å². The molecule has 0 saturated heterocycles. The summed E-state index contributed by atoms with van der Waals surface area (Å²) in [5.41, 5.74) is -0.103. The number of hydrogen-bond donors (Lipinski definition) is 2. The van der Waals surface area contributed by atoms with Gasteiger partial charge in [0.15, 0.2) is 11.6 Å². The number of hydrogen-bond acceptors (Lipinski definition) is 2. The van der Waals surface area contributed by atoms with Gasteiger partial charge in [-0.1, -0.05) is 13.8 Å². The molecule has 0 unspecified atom stereocenters. The van der Waals surface area contributed by atoms with Crippen molar-refractivity contribution >= 4 is 5.97 Å². The van der Waals surface area contributed by atoms with Gasteiger partial charge >= 0.3 is 5.97 Å². The highest BCUT2D eigenvalue weighted by Crippen LogP contribution is 2.14. The topological polar surface area (TPSA) is 49.3 Å². The van der Waals surface area contributed by atoms with Crippen molar-refractivity contribution in [1.82, 2.24) is 5.32 Å². The number of benzene rings is 1. The number of nitrogens with one attached hydrogen (secondary N) is 1. The molecule has 3 nitrogen and oxygen atoms in total. The number of rotatable bonds is 6. The summed E-state index contributed by atoms with van der Waals surface area (Å²) in [5.74, 6) is -4.24. The number of carboxylic acids is 1. The van der Waals surface area contributed by atoms with Crippen molar-refractivity contribution in [3.8, 4) is 0 Å². The lowest BCUT2D eigenvalue weighted by molar-refractivity contribution is -0.140. The van der Waals surface area contributed by atoms with E-state index in [2.05, 4.69) is 5.32 Å². The van der Waals surface area contributed by atoms with Crippen molar-refractivity contribution in [3.63, 3.8) is 0 Å². The minimum atomic E-state index is -1.27. The van der Waals surface area contributed by atoms with Crippen LogP contribution in [0.25, 0.3) is 0 Å². The van der Waals surface area contributed by atoms with Crippen LogP contribution in [-0.2, 0) is 11.3 Å². The average Bonchev–Trinajstić information content (AvgIpc) is 2.29. The summed E-state index contributed by atoms with van der Waals surface area (Å²) in [4.78, 5) is 11.0. The van der Waals surface area contributed by atoms with Gasteiger partial charge in [-0.15, -0.1) is 0 Å². The van der Waals surface area contributed by atoms with Crippen LogP contribution in [0.5, 0.6) is 0 Å². The van der Waals surface area contributed by atoms with Crippen LogP contribution in [0.3, 0.4) is 0 Å². The summed E-state index contributed by atoms with van der Waals surface area (Å²) in [5, 5.41) is 11.6. The lowest BCUT2D eigenvalue weighted by atomic mass is 10.0. The molecule has 0 spiro atoms. The third kappa shape index (κ3) is 4.55. The van der Waals surface area contributed by atoms with Crippen LogP contribution in [0.15, 0.2) is 12.1 Å². The molecule has 1 aromatic carbocycles. The quantitative estimate of drug-likeness (QED) is 0.785. The smallest absolute Gasteiger partial charge is 0.320 e. The zero-order valence-corrected chi connectivity index (χ0v) is 10.7. The van der Waals surface area contributed by atoms with Gasteiger partial charge in [0, 0.05) is 18.2 Å². The standard InChI is InChI=1S/C13H16F3NO2/c1-7(2)3-12(13(18)19)17-6-8-4-10(15)11(16)5-9(8)14/h4-5,7,12,17H,3,6H2,1-2H3,(H,18,19)/t12-/m1/s1. The molecular weight excluding hydrogens is 259 g/mol. The first-order chi connectivity index (χ1) is 8.81. The van der Waals surface area contributed by atoms with E-state index in [-0.39, 0.29) is 18.0 Å². The first kappa shape index (κ1) is 15.5. The molecule has 6 heteroatoms. The molecule has 0 fully saturated rings. The maximum absolute atomic E-state index is 13.4. The van der Waals surface area contributed by atoms with Crippen LogP contribution in [0.2, 0.25) is 0 Å². The van der Waals surface area contributed by atoms with E-state index in [9.17, 15) is 18.0 Å². The number of aliphatic carboxylic acids is 1. The molecular formula is C13H16F3NO2. The van der Waals surface area contributed by atoms with E-state index in [0.717, 1.165) is 6.07 Å². The van der Waals surface area contributed by atoms with E-state index in [1.807, 2.05) is 13.8 Å². The van der Waals surface area contributed by atoms with Gasteiger partial charge in [0.1, 0.15) is 11.9 Å². The summed E-state index contributed by atoms with van der Waals surface area (Å²) in [6, 6.07) is 0.323. The van der Waals surface area contributed by atoms with Gasteiger partial charge in [-0.3, -0.25) is 4.79 Å².